The number of fused-ring (bicyclic) bond motifs is 1. The van der Waals surface area contributed by atoms with Crippen LogP contribution in [-0.2, 0) is 14.8 Å². The number of hydrogen-bond acceptors (Lipinski definition) is 9. The van der Waals surface area contributed by atoms with Crippen LogP contribution < -0.4 is 32.9 Å². The summed E-state index contributed by atoms with van der Waals surface area (Å²) in [4.78, 5) is 0. The number of hydrogen-bond donors (Lipinski definition) is 0. The molecule has 1 heterocycles. The lowest BCUT2D eigenvalue weighted by atomic mass is 9.93. The molecule has 10 heteroatoms. The molecule has 0 radical (unpaired) electrons. The van der Waals surface area contributed by atoms with Crippen molar-refractivity contribution in [2.24, 2.45) is 0 Å². The second-order valence-corrected chi connectivity index (χ2v) is 8.75. The summed E-state index contributed by atoms with van der Waals surface area (Å²) in [7, 11) is 0.965. The van der Waals surface area contributed by atoms with Crippen molar-refractivity contribution in [2.45, 2.75) is 5.79 Å². The standard InChI is InChI=1S/C27H25ClO9/c1-32-22-11-10-19(14-24(22)33-2)23-15-20-16-25(34-3)26(35-4)17-21(20)27(36-23,37-28(29,30)31)13-12-18-8-6-5-7-9-18/h5-17H,1-4H3. The summed E-state index contributed by atoms with van der Waals surface area (Å²) in [5.74, 6) is -0.393. The van der Waals surface area contributed by atoms with Crippen molar-refractivity contribution in [3.05, 3.63) is 89.0 Å². The van der Waals surface area contributed by atoms with E-state index in [1.165, 1.54) is 40.6 Å². The Bertz CT molecular complexity index is 1320. The topological polar surface area (TPSA) is 125 Å². The van der Waals surface area contributed by atoms with Gasteiger partial charge in [0, 0.05) is 11.6 Å². The van der Waals surface area contributed by atoms with E-state index in [2.05, 4.69) is 0 Å². The predicted molar refractivity (Wildman–Crippen MR) is 126 cm³/mol. The van der Waals surface area contributed by atoms with Crippen molar-refractivity contribution < 1.29 is 52.2 Å². The van der Waals surface area contributed by atoms with E-state index in [9.17, 15) is 14.0 Å². The van der Waals surface area contributed by atoms with Gasteiger partial charge < -0.3 is 23.7 Å². The summed E-state index contributed by atoms with van der Waals surface area (Å²) in [6.07, 6.45) is 4.63. The monoisotopic (exact) mass is 528 g/mol. The number of methoxy groups -OCH3 is 4. The summed E-state index contributed by atoms with van der Waals surface area (Å²) in [6, 6.07) is 17.3. The van der Waals surface area contributed by atoms with Crippen LogP contribution in [0.3, 0.4) is 0 Å². The highest BCUT2D eigenvalue weighted by atomic mass is 35.7. The van der Waals surface area contributed by atoms with Crippen LogP contribution >= 0.6 is 0 Å². The van der Waals surface area contributed by atoms with E-state index in [1.807, 2.05) is 18.2 Å². The Kier molecular flexibility index (Phi) is 7.63. The van der Waals surface area contributed by atoms with Crippen LogP contribution in [0, 0.1) is 10.2 Å². The van der Waals surface area contributed by atoms with Crippen LogP contribution in [0.1, 0.15) is 22.3 Å². The Morgan fingerprint density at radius 3 is 2.00 bits per heavy atom. The SMILES string of the molecule is COc1ccc(C2=Cc3cc(OC)c(OC)cc3C(C=Cc3ccccc3)(O[Cl+3]([O-])([O-])[O-])O2)cc1OC. The Labute approximate surface area is 216 Å². The summed E-state index contributed by atoms with van der Waals surface area (Å²) in [5, 5.41) is 0. The molecule has 0 spiro atoms. The van der Waals surface area contributed by atoms with Crippen molar-refractivity contribution >= 4 is 17.9 Å². The van der Waals surface area contributed by atoms with Crippen molar-refractivity contribution in [1.29, 1.82) is 0 Å². The van der Waals surface area contributed by atoms with Crippen molar-refractivity contribution in [1.82, 2.24) is 0 Å². The van der Waals surface area contributed by atoms with Crippen LogP contribution in [-0.4, -0.2) is 28.4 Å². The Morgan fingerprint density at radius 1 is 0.757 bits per heavy atom. The zero-order chi connectivity index (χ0) is 26.6. The van der Waals surface area contributed by atoms with Gasteiger partial charge in [-0.05, 0) is 47.5 Å². The minimum atomic E-state index is -4.94. The van der Waals surface area contributed by atoms with Crippen LogP contribution in [0.15, 0.2) is 66.7 Å². The van der Waals surface area contributed by atoms with E-state index in [0.717, 1.165) is 5.56 Å². The maximum atomic E-state index is 12.0. The molecular weight excluding hydrogens is 504 g/mol. The van der Waals surface area contributed by atoms with E-state index in [4.69, 9.17) is 28.0 Å². The Morgan fingerprint density at radius 2 is 1.38 bits per heavy atom. The van der Waals surface area contributed by atoms with Crippen LogP contribution in [0.5, 0.6) is 23.0 Å². The van der Waals surface area contributed by atoms with Crippen molar-refractivity contribution in [3.63, 3.8) is 0 Å². The lowest BCUT2D eigenvalue weighted by molar-refractivity contribution is -1.92. The second-order valence-electron chi connectivity index (χ2n) is 7.84. The molecule has 1 unspecified atom stereocenters. The van der Waals surface area contributed by atoms with Crippen LogP contribution in [0.25, 0.3) is 17.9 Å². The number of benzene rings is 3. The van der Waals surface area contributed by atoms with Gasteiger partial charge in [-0.15, -0.1) is 0 Å². The highest BCUT2D eigenvalue weighted by molar-refractivity contribution is 5.83. The van der Waals surface area contributed by atoms with E-state index in [1.54, 1.807) is 48.6 Å². The summed E-state index contributed by atoms with van der Waals surface area (Å²) in [6.45, 7) is 0. The quantitative estimate of drug-likeness (QED) is 0.410. The molecule has 1 atom stereocenters. The Hall–Kier alpha value is -3.73. The van der Waals surface area contributed by atoms with Gasteiger partial charge in [-0.2, -0.15) is 14.0 Å². The van der Waals surface area contributed by atoms with E-state index in [-0.39, 0.29) is 17.1 Å². The first-order valence-corrected chi connectivity index (χ1v) is 12.2. The normalized spacial score (nSPS) is 17.0. The first-order valence-electron chi connectivity index (χ1n) is 11.0. The van der Waals surface area contributed by atoms with Gasteiger partial charge in [0.15, 0.2) is 23.0 Å². The second kappa shape index (κ2) is 10.7. The zero-order valence-electron chi connectivity index (χ0n) is 20.6. The number of ether oxygens (including phenoxy) is 5. The molecule has 3 aromatic rings. The first-order chi connectivity index (χ1) is 17.7. The van der Waals surface area contributed by atoms with Gasteiger partial charge >= 0.3 is 5.79 Å². The highest BCUT2D eigenvalue weighted by Gasteiger charge is 2.52. The average Bonchev–Trinajstić information content (AvgIpc) is 2.90. The summed E-state index contributed by atoms with van der Waals surface area (Å²) in [5.41, 5.74) is 1.93. The summed E-state index contributed by atoms with van der Waals surface area (Å²) >= 11 is 0. The average molecular weight is 529 g/mol. The maximum Gasteiger partial charge on any atom is 0.408 e. The number of halogens is 1. The van der Waals surface area contributed by atoms with Crippen molar-refractivity contribution in [2.75, 3.05) is 28.4 Å². The van der Waals surface area contributed by atoms with Crippen LogP contribution in [0.2, 0.25) is 0 Å². The molecule has 1 aliphatic heterocycles. The van der Waals surface area contributed by atoms with Crippen LogP contribution in [0.4, 0.5) is 0 Å². The zero-order valence-corrected chi connectivity index (χ0v) is 21.3. The number of rotatable bonds is 9. The van der Waals surface area contributed by atoms with Gasteiger partial charge in [-0.25, -0.2) is 0 Å². The lowest BCUT2D eigenvalue weighted by Gasteiger charge is -2.33. The van der Waals surface area contributed by atoms with Gasteiger partial charge in [0.25, 0.3) is 0 Å². The smallest absolute Gasteiger partial charge is 0.408 e. The molecular formula is C27H25ClO9. The van der Waals surface area contributed by atoms with Gasteiger partial charge in [-0.1, -0.05) is 36.4 Å². The van der Waals surface area contributed by atoms with Gasteiger partial charge in [0.1, 0.15) is 10.0 Å². The molecule has 0 aromatic heterocycles. The predicted octanol–water partition coefficient (Wildman–Crippen LogP) is 2.03. The molecule has 1 aliphatic rings. The molecule has 0 fully saturated rings. The van der Waals surface area contributed by atoms with Gasteiger partial charge in [0.2, 0.25) is 0 Å². The fourth-order valence-corrected chi connectivity index (χ4v) is 4.40. The minimum absolute atomic E-state index is 0.206. The van der Waals surface area contributed by atoms with E-state index in [0.29, 0.717) is 28.4 Å². The van der Waals surface area contributed by atoms with Crippen molar-refractivity contribution in [3.8, 4) is 23.0 Å². The largest absolute Gasteiger partial charge is 0.493 e. The third-order valence-electron chi connectivity index (χ3n) is 5.65. The molecule has 0 saturated heterocycles. The molecule has 0 amide bonds. The molecule has 4 rings (SSSR count). The fourth-order valence-electron chi connectivity index (χ4n) is 3.95. The van der Waals surface area contributed by atoms with Gasteiger partial charge in [-0.3, -0.25) is 0 Å². The molecule has 0 aliphatic carbocycles. The molecule has 0 saturated carbocycles. The molecule has 37 heavy (non-hydrogen) atoms. The molecule has 9 nitrogen and oxygen atoms in total. The highest BCUT2D eigenvalue weighted by Crippen LogP contribution is 2.47. The third kappa shape index (κ3) is 5.66. The maximum absolute atomic E-state index is 12.0. The van der Waals surface area contributed by atoms with E-state index < -0.39 is 16.0 Å². The summed E-state index contributed by atoms with van der Waals surface area (Å²) < 4.78 is 68.9. The lowest BCUT2D eigenvalue weighted by Crippen LogP contribution is -2.64. The molecule has 194 valence electrons. The van der Waals surface area contributed by atoms with Gasteiger partial charge in [0.05, 0.1) is 44.2 Å². The minimum Gasteiger partial charge on any atom is -0.493 e. The Balaban J connectivity index is 1.96. The first kappa shape index (κ1) is 26.3. The fraction of sp³-hybridized carbons (Fsp3) is 0.185. The van der Waals surface area contributed by atoms with E-state index >= 15 is 0 Å². The third-order valence-corrected chi connectivity index (χ3v) is 6.07. The molecule has 0 bridgehead atoms. The molecule has 3 aromatic carbocycles. The molecule has 0 N–H and O–H groups in total.